The Morgan fingerprint density at radius 3 is 2.48 bits per heavy atom. The van der Waals surface area contributed by atoms with Crippen molar-refractivity contribution in [2.45, 2.75) is 50.2 Å². The molecule has 0 unspecified atom stereocenters. The minimum absolute atomic E-state index is 0.100. The van der Waals surface area contributed by atoms with Crippen LogP contribution in [0.15, 0.2) is 46.9 Å². The number of nitrogens with zero attached hydrogens (tertiary/aromatic N) is 4. The molecule has 6 nitrogen and oxygen atoms in total. The first-order valence-corrected chi connectivity index (χ1v) is 12.2. The van der Waals surface area contributed by atoms with Gasteiger partial charge >= 0.3 is 0 Å². The van der Waals surface area contributed by atoms with Gasteiger partial charge < -0.3 is 0 Å². The van der Waals surface area contributed by atoms with Crippen LogP contribution in [0.4, 0.5) is 0 Å². The lowest BCUT2D eigenvalue weighted by Gasteiger charge is -2.56. The summed E-state index contributed by atoms with van der Waals surface area (Å²) < 4.78 is 3.51. The number of Topliss-reactive ketones (excluding diaryl/α,β-unsaturated/α-hetero) is 1. The van der Waals surface area contributed by atoms with Crippen molar-refractivity contribution in [1.82, 2.24) is 19.2 Å². The summed E-state index contributed by atoms with van der Waals surface area (Å²) in [6.07, 6.45) is 8.94. The first-order valence-electron chi connectivity index (χ1n) is 11.2. The molecule has 0 saturated heterocycles. The van der Waals surface area contributed by atoms with Gasteiger partial charge in [0, 0.05) is 12.0 Å². The average molecular weight is 435 g/mol. The average Bonchev–Trinajstić information content (AvgIpc) is 3.18. The highest BCUT2D eigenvalue weighted by Crippen LogP contribution is 2.60. The van der Waals surface area contributed by atoms with Crippen molar-refractivity contribution in [2.75, 3.05) is 5.75 Å². The van der Waals surface area contributed by atoms with E-state index in [1.807, 2.05) is 28.7 Å². The van der Waals surface area contributed by atoms with Crippen molar-refractivity contribution < 1.29 is 4.79 Å². The van der Waals surface area contributed by atoms with Gasteiger partial charge in [-0.15, -0.1) is 16.8 Å². The molecule has 4 aliphatic rings. The summed E-state index contributed by atoms with van der Waals surface area (Å²) in [6.45, 7) is 4.14. The van der Waals surface area contributed by atoms with Crippen LogP contribution in [0.2, 0.25) is 0 Å². The van der Waals surface area contributed by atoms with E-state index in [1.165, 1.54) is 31.0 Å². The highest BCUT2D eigenvalue weighted by molar-refractivity contribution is 7.99. The number of carbonyl (C=O) groups is 1. The van der Waals surface area contributed by atoms with Crippen molar-refractivity contribution in [2.24, 2.45) is 23.2 Å². The first-order chi connectivity index (χ1) is 15.1. The number of hydrogen-bond donors (Lipinski definition) is 0. The lowest BCUT2D eigenvalue weighted by Crippen LogP contribution is -2.50. The SMILES string of the molecule is C=CCn1c(=O)c2ccccc2n2c(SCC(=O)C34CC5CC(CC(C5)C3)C4)nnc12. The monoisotopic (exact) mass is 434 g/mol. The molecule has 160 valence electrons. The van der Waals surface area contributed by atoms with Crippen molar-refractivity contribution in [3.05, 3.63) is 47.3 Å². The van der Waals surface area contributed by atoms with Crippen LogP contribution in [0.25, 0.3) is 16.7 Å². The van der Waals surface area contributed by atoms with Crippen LogP contribution in [0.1, 0.15) is 38.5 Å². The number of hydrogen-bond acceptors (Lipinski definition) is 5. The molecule has 1 aromatic carbocycles. The van der Waals surface area contributed by atoms with Crippen molar-refractivity contribution >= 4 is 34.2 Å². The molecule has 7 heteroatoms. The molecule has 2 heterocycles. The third-order valence-electron chi connectivity index (χ3n) is 7.75. The molecular formula is C24H26N4O2S. The molecule has 4 fully saturated rings. The number of ketones is 1. The molecule has 0 radical (unpaired) electrons. The quantitative estimate of drug-likeness (QED) is 0.431. The number of para-hydroxylation sites is 1. The van der Waals surface area contributed by atoms with Crippen LogP contribution in [0.5, 0.6) is 0 Å². The molecule has 3 aromatic rings. The lowest BCUT2D eigenvalue weighted by molar-refractivity contribution is -0.141. The second-order valence-electron chi connectivity index (χ2n) is 9.75. The molecule has 0 aliphatic heterocycles. The van der Waals surface area contributed by atoms with Gasteiger partial charge in [0.1, 0.15) is 5.78 Å². The standard InChI is InChI=1S/C24H26N4O2S/c1-2-7-27-21(30)18-5-3-4-6-19(18)28-22(27)25-26-23(28)31-14-20(29)24-11-15-8-16(12-24)10-17(9-15)13-24/h2-6,15-17H,1,7-14H2. The molecule has 4 bridgehead atoms. The van der Waals surface area contributed by atoms with E-state index in [0.29, 0.717) is 34.4 Å². The number of carbonyl (C=O) groups excluding carboxylic acids is 1. The van der Waals surface area contributed by atoms with Crippen LogP contribution in [-0.2, 0) is 11.3 Å². The largest absolute Gasteiger partial charge is 0.298 e. The third kappa shape index (κ3) is 2.93. The molecule has 0 atom stereocenters. The Balaban J connectivity index is 1.35. The van der Waals surface area contributed by atoms with Gasteiger partial charge in [0.15, 0.2) is 5.16 Å². The van der Waals surface area contributed by atoms with Crippen LogP contribution >= 0.6 is 11.8 Å². The maximum Gasteiger partial charge on any atom is 0.263 e. The fraction of sp³-hybridized carbons (Fsp3) is 0.500. The molecule has 0 amide bonds. The van der Waals surface area contributed by atoms with Gasteiger partial charge in [-0.1, -0.05) is 30.0 Å². The van der Waals surface area contributed by atoms with Crippen molar-refractivity contribution in [3.63, 3.8) is 0 Å². The second kappa shape index (κ2) is 7.05. The molecule has 4 saturated carbocycles. The molecule has 0 spiro atoms. The first kappa shape index (κ1) is 19.3. The van der Waals surface area contributed by atoms with Crippen LogP contribution in [0, 0.1) is 23.2 Å². The van der Waals surface area contributed by atoms with Gasteiger partial charge in [0.2, 0.25) is 5.78 Å². The zero-order chi connectivity index (χ0) is 21.2. The number of rotatable bonds is 6. The Morgan fingerprint density at radius 2 is 1.81 bits per heavy atom. The smallest absolute Gasteiger partial charge is 0.263 e. The van der Waals surface area contributed by atoms with E-state index in [4.69, 9.17) is 0 Å². The lowest BCUT2D eigenvalue weighted by atomic mass is 9.48. The van der Waals surface area contributed by atoms with Gasteiger partial charge in [0.25, 0.3) is 5.56 Å². The summed E-state index contributed by atoms with van der Waals surface area (Å²) in [6, 6.07) is 7.51. The summed E-state index contributed by atoms with van der Waals surface area (Å²) in [5.74, 6) is 3.57. The predicted molar refractivity (Wildman–Crippen MR) is 121 cm³/mol. The number of thioether (sulfide) groups is 1. The number of allylic oxidation sites excluding steroid dienone is 1. The van der Waals surface area contributed by atoms with Gasteiger partial charge in [-0.05, 0) is 68.4 Å². The Morgan fingerprint density at radius 1 is 1.13 bits per heavy atom. The Bertz CT molecular complexity index is 1240. The summed E-state index contributed by atoms with van der Waals surface area (Å²) >= 11 is 1.46. The van der Waals surface area contributed by atoms with Crippen molar-refractivity contribution in [1.29, 1.82) is 0 Å². The molecular weight excluding hydrogens is 408 g/mol. The van der Waals surface area contributed by atoms with E-state index in [-0.39, 0.29) is 11.0 Å². The van der Waals surface area contributed by atoms with Crippen molar-refractivity contribution in [3.8, 4) is 0 Å². The summed E-state index contributed by atoms with van der Waals surface area (Å²) in [7, 11) is 0. The molecule has 0 N–H and O–H groups in total. The highest BCUT2D eigenvalue weighted by Gasteiger charge is 2.54. The number of fused-ring (bicyclic) bond motifs is 3. The van der Waals surface area contributed by atoms with Gasteiger partial charge in [-0.25, -0.2) is 0 Å². The summed E-state index contributed by atoms with van der Waals surface area (Å²) in [5.41, 5.74) is 0.573. The van der Waals surface area contributed by atoms with Crippen LogP contribution in [0.3, 0.4) is 0 Å². The van der Waals surface area contributed by atoms with E-state index in [1.54, 1.807) is 10.6 Å². The zero-order valence-electron chi connectivity index (χ0n) is 17.5. The van der Waals surface area contributed by atoms with E-state index in [9.17, 15) is 9.59 Å². The fourth-order valence-corrected chi connectivity index (χ4v) is 7.83. The van der Waals surface area contributed by atoms with Crippen LogP contribution < -0.4 is 5.56 Å². The Labute approximate surface area is 184 Å². The Kier molecular flexibility index (Phi) is 4.39. The van der Waals surface area contributed by atoms with E-state index < -0.39 is 0 Å². The zero-order valence-corrected chi connectivity index (χ0v) is 18.3. The molecule has 7 rings (SSSR count). The normalized spacial score (nSPS) is 29.1. The van der Waals surface area contributed by atoms with Crippen LogP contribution in [-0.4, -0.2) is 30.7 Å². The van der Waals surface area contributed by atoms with E-state index >= 15 is 0 Å². The predicted octanol–water partition coefficient (Wildman–Crippen LogP) is 4.11. The van der Waals surface area contributed by atoms with Gasteiger partial charge in [0.05, 0.1) is 16.7 Å². The number of aromatic nitrogens is 4. The minimum atomic E-state index is -0.102. The third-order valence-corrected chi connectivity index (χ3v) is 8.68. The molecule has 2 aromatic heterocycles. The van der Waals surface area contributed by atoms with Gasteiger partial charge in [-0.3, -0.25) is 18.6 Å². The minimum Gasteiger partial charge on any atom is -0.298 e. The maximum atomic E-state index is 13.5. The second-order valence-corrected chi connectivity index (χ2v) is 10.7. The number of benzene rings is 1. The summed E-state index contributed by atoms with van der Waals surface area (Å²) in [5, 5.41) is 9.98. The van der Waals surface area contributed by atoms with E-state index in [2.05, 4.69) is 16.8 Å². The fourth-order valence-electron chi connectivity index (χ4n) is 6.86. The summed E-state index contributed by atoms with van der Waals surface area (Å²) in [4.78, 5) is 26.4. The van der Waals surface area contributed by atoms with E-state index in [0.717, 1.165) is 42.5 Å². The maximum absolute atomic E-state index is 13.5. The highest BCUT2D eigenvalue weighted by atomic mass is 32.2. The van der Waals surface area contributed by atoms with Gasteiger partial charge in [-0.2, -0.15) is 0 Å². The topological polar surface area (TPSA) is 69.3 Å². The molecule has 4 aliphatic carbocycles. The molecule has 31 heavy (non-hydrogen) atoms. The Hall–Kier alpha value is -2.41.